The van der Waals surface area contributed by atoms with Gasteiger partial charge in [-0.3, -0.25) is 9.36 Å². The van der Waals surface area contributed by atoms with Crippen molar-refractivity contribution in [3.05, 3.63) is 23.1 Å². The minimum absolute atomic E-state index is 0.281. The van der Waals surface area contributed by atoms with E-state index in [4.69, 9.17) is 16.3 Å². The first-order valence-electron chi connectivity index (χ1n) is 6.45. The third-order valence-corrected chi connectivity index (χ3v) is 4.82. The predicted octanol–water partition coefficient (Wildman–Crippen LogP) is 3.21. The lowest BCUT2D eigenvalue weighted by Gasteiger charge is -2.15. The molecule has 20 heavy (non-hydrogen) atoms. The number of ether oxygens (including phenoxy) is 1. The van der Waals surface area contributed by atoms with Crippen molar-refractivity contribution >= 4 is 37.1 Å². The molecule has 0 aliphatic carbocycles. The van der Waals surface area contributed by atoms with Gasteiger partial charge in [0.15, 0.2) is 11.9 Å². The van der Waals surface area contributed by atoms with E-state index in [0.717, 1.165) is 18.9 Å². The van der Waals surface area contributed by atoms with Crippen LogP contribution in [-0.2, 0) is 11.5 Å². The summed E-state index contributed by atoms with van der Waals surface area (Å²) in [7, 11) is -1.09. The number of nitrogens with zero attached hydrogens (tertiary/aromatic N) is 3. The monoisotopic (exact) mass is 311 g/mol. The number of carbonyl (C=O) groups is 1. The Kier molecular flexibility index (Phi) is 4.57. The van der Waals surface area contributed by atoms with Gasteiger partial charge in [-0.25, -0.2) is 9.97 Å². The van der Waals surface area contributed by atoms with Gasteiger partial charge in [-0.15, -0.1) is 0 Å². The molecule has 7 heteroatoms. The van der Waals surface area contributed by atoms with E-state index in [1.807, 2.05) is 0 Å². The Morgan fingerprint density at radius 1 is 1.45 bits per heavy atom. The maximum atomic E-state index is 11.0. The molecule has 5 nitrogen and oxygen atoms in total. The van der Waals surface area contributed by atoms with E-state index in [-0.39, 0.29) is 5.15 Å². The molecule has 0 aliphatic heterocycles. The van der Waals surface area contributed by atoms with Gasteiger partial charge in [-0.1, -0.05) is 31.2 Å². The number of pyridine rings is 1. The molecule has 0 fully saturated rings. The van der Waals surface area contributed by atoms with Gasteiger partial charge < -0.3 is 4.74 Å². The topological polar surface area (TPSA) is 57.0 Å². The van der Waals surface area contributed by atoms with Crippen LogP contribution in [0.25, 0.3) is 11.2 Å². The van der Waals surface area contributed by atoms with Crippen molar-refractivity contribution in [3.8, 4) is 0 Å². The number of aromatic nitrogens is 3. The minimum Gasteiger partial charge on any atom is -0.361 e. The van der Waals surface area contributed by atoms with Crippen molar-refractivity contribution in [2.24, 2.45) is 0 Å². The third kappa shape index (κ3) is 3.65. The summed E-state index contributed by atoms with van der Waals surface area (Å²) in [5.41, 5.74) is 1.58. The number of hydrogen-bond acceptors (Lipinski definition) is 4. The molecule has 0 radical (unpaired) electrons. The summed E-state index contributed by atoms with van der Waals surface area (Å²) in [6, 6.07) is 2.62. The highest BCUT2D eigenvalue weighted by molar-refractivity contribution is 6.76. The molecule has 0 spiro atoms. The zero-order chi connectivity index (χ0) is 14.8. The second-order valence-corrected chi connectivity index (χ2v) is 11.9. The van der Waals surface area contributed by atoms with Gasteiger partial charge in [0.25, 0.3) is 0 Å². The van der Waals surface area contributed by atoms with Crippen LogP contribution in [0.15, 0.2) is 12.4 Å². The molecule has 0 aliphatic rings. The summed E-state index contributed by atoms with van der Waals surface area (Å²) in [6.07, 6.45) is 2.36. The molecule has 0 atom stereocenters. The number of hydrogen-bond donors (Lipinski definition) is 0. The van der Waals surface area contributed by atoms with Gasteiger partial charge in [0.05, 0.1) is 6.33 Å². The van der Waals surface area contributed by atoms with Crippen molar-refractivity contribution in [3.63, 3.8) is 0 Å². The van der Waals surface area contributed by atoms with E-state index in [9.17, 15) is 4.79 Å². The number of imidazole rings is 1. The van der Waals surface area contributed by atoms with Crippen molar-refractivity contribution in [1.82, 2.24) is 14.5 Å². The second-order valence-electron chi connectivity index (χ2n) is 5.89. The van der Waals surface area contributed by atoms with Crippen LogP contribution >= 0.6 is 11.6 Å². The van der Waals surface area contributed by atoms with Gasteiger partial charge in [0.1, 0.15) is 17.4 Å². The van der Waals surface area contributed by atoms with Crippen molar-refractivity contribution in [1.29, 1.82) is 0 Å². The zero-order valence-corrected chi connectivity index (χ0v) is 13.6. The Labute approximate surface area is 123 Å². The number of rotatable bonds is 6. The van der Waals surface area contributed by atoms with E-state index in [0.29, 0.717) is 23.5 Å². The Morgan fingerprint density at radius 2 is 2.20 bits per heavy atom. The highest BCUT2D eigenvalue weighted by Crippen LogP contribution is 2.18. The fraction of sp³-hybridized carbons (Fsp3) is 0.462. The van der Waals surface area contributed by atoms with Crippen molar-refractivity contribution in [2.75, 3.05) is 6.61 Å². The normalized spacial score (nSPS) is 12.0. The molecule has 0 saturated carbocycles. The van der Waals surface area contributed by atoms with Gasteiger partial charge in [-0.2, -0.15) is 0 Å². The molecule has 0 bridgehead atoms. The summed E-state index contributed by atoms with van der Waals surface area (Å²) < 4.78 is 7.42. The third-order valence-electron chi connectivity index (χ3n) is 2.92. The Hall–Kier alpha value is -1.24. The highest BCUT2D eigenvalue weighted by Gasteiger charge is 2.13. The molecule has 0 N–H and O–H groups in total. The second kappa shape index (κ2) is 6.03. The smallest absolute Gasteiger partial charge is 0.164 e. The zero-order valence-electron chi connectivity index (χ0n) is 11.9. The van der Waals surface area contributed by atoms with Crippen LogP contribution < -0.4 is 0 Å². The van der Waals surface area contributed by atoms with Crippen LogP contribution in [0, 0.1) is 0 Å². The molecular formula is C13H18ClN3O2Si. The van der Waals surface area contributed by atoms with Gasteiger partial charge in [0, 0.05) is 20.2 Å². The van der Waals surface area contributed by atoms with Crippen molar-refractivity contribution in [2.45, 2.75) is 32.4 Å². The highest BCUT2D eigenvalue weighted by atomic mass is 35.5. The average Bonchev–Trinajstić information content (AvgIpc) is 2.75. The first kappa shape index (κ1) is 15.2. The lowest BCUT2D eigenvalue weighted by atomic mass is 10.2. The van der Waals surface area contributed by atoms with Gasteiger partial charge in [-0.05, 0) is 12.1 Å². The number of fused-ring (bicyclic) bond motifs is 1. The molecule has 0 saturated heterocycles. The average molecular weight is 312 g/mol. The molecule has 0 aromatic carbocycles. The van der Waals surface area contributed by atoms with E-state index < -0.39 is 8.07 Å². The Morgan fingerprint density at radius 3 is 2.85 bits per heavy atom. The standard InChI is InChI=1S/C13H18ClN3O2Si/c1-20(2,3)5-4-19-9-17-8-15-12-10(7-18)6-11(14)16-13(12)17/h6-8H,4-5,9H2,1-3H3. The van der Waals surface area contributed by atoms with Crippen LogP contribution in [-0.4, -0.2) is 35.5 Å². The Balaban J connectivity index is 2.11. The van der Waals surface area contributed by atoms with Gasteiger partial charge in [0.2, 0.25) is 0 Å². The maximum absolute atomic E-state index is 11.0. The molecular weight excluding hydrogens is 294 g/mol. The van der Waals surface area contributed by atoms with Gasteiger partial charge >= 0.3 is 0 Å². The summed E-state index contributed by atoms with van der Waals surface area (Å²) in [6.45, 7) is 8.01. The molecule has 2 aromatic heterocycles. The number of aldehydes is 1. The first-order chi connectivity index (χ1) is 9.40. The summed E-state index contributed by atoms with van der Waals surface area (Å²) >= 11 is 5.91. The van der Waals surface area contributed by atoms with Crippen LogP contribution in [0.1, 0.15) is 10.4 Å². The molecule has 2 aromatic rings. The lowest BCUT2D eigenvalue weighted by Crippen LogP contribution is -2.22. The summed E-state index contributed by atoms with van der Waals surface area (Å²) in [4.78, 5) is 19.4. The fourth-order valence-corrected chi connectivity index (χ4v) is 2.71. The van der Waals surface area contributed by atoms with E-state index in [2.05, 4.69) is 29.6 Å². The van der Waals surface area contributed by atoms with Crippen LogP contribution in [0.5, 0.6) is 0 Å². The fourth-order valence-electron chi connectivity index (χ4n) is 1.75. The minimum atomic E-state index is -1.09. The summed E-state index contributed by atoms with van der Waals surface area (Å²) in [5, 5.41) is 0.281. The van der Waals surface area contributed by atoms with Crippen LogP contribution in [0.4, 0.5) is 0 Å². The molecule has 108 valence electrons. The van der Waals surface area contributed by atoms with Crippen LogP contribution in [0.2, 0.25) is 30.8 Å². The van der Waals surface area contributed by atoms with E-state index in [1.54, 1.807) is 10.9 Å². The molecule has 2 rings (SSSR count). The largest absolute Gasteiger partial charge is 0.361 e. The van der Waals surface area contributed by atoms with E-state index >= 15 is 0 Å². The quantitative estimate of drug-likeness (QED) is 0.356. The molecule has 2 heterocycles. The predicted molar refractivity (Wildman–Crippen MR) is 82.0 cm³/mol. The number of halogens is 1. The molecule has 0 unspecified atom stereocenters. The lowest BCUT2D eigenvalue weighted by molar-refractivity contribution is 0.0895. The SMILES string of the molecule is C[Si](C)(C)CCOCn1cnc2c(C=O)cc(Cl)nc21. The summed E-state index contributed by atoms with van der Waals surface area (Å²) in [5.74, 6) is 0. The van der Waals surface area contributed by atoms with Crippen molar-refractivity contribution < 1.29 is 9.53 Å². The maximum Gasteiger partial charge on any atom is 0.164 e. The first-order valence-corrected chi connectivity index (χ1v) is 10.5. The number of carbonyl (C=O) groups excluding carboxylic acids is 1. The van der Waals surface area contributed by atoms with E-state index in [1.165, 1.54) is 6.07 Å². The Bertz CT molecular complexity index is 622. The van der Waals surface area contributed by atoms with Crippen LogP contribution in [0.3, 0.4) is 0 Å². The molecule has 0 amide bonds.